The van der Waals surface area contributed by atoms with E-state index in [0.717, 1.165) is 5.33 Å². The molecule has 84 valence electrons. The number of thioether (sulfide) groups is 1. The molecule has 0 aromatic heterocycles. The smallest absolute Gasteiger partial charge is 0.0210 e. The molecule has 1 aromatic rings. The highest BCUT2D eigenvalue weighted by atomic mass is 79.9. The van der Waals surface area contributed by atoms with Crippen molar-refractivity contribution in [3.05, 3.63) is 34.3 Å². The highest BCUT2D eigenvalue weighted by Crippen LogP contribution is 2.29. The van der Waals surface area contributed by atoms with Gasteiger partial charge in [-0.25, -0.2) is 0 Å². The van der Waals surface area contributed by atoms with E-state index < -0.39 is 0 Å². The highest BCUT2D eigenvalue weighted by Gasteiger charge is 2.12. The summed E-state index contributed by atoms with van der Waals surface area (Å²) < 4.78 is 1.23. The number of alkyl halides is 1. The first-order valence-corrected chi connectivity index (χ1v) is 8.39. The van der Waals surface area contributed by atoms with Gasteiger partial charge in [0, 0.05) is 9.80 Å². The van der Waals surface area contributed by atoms with Crippen molar-refractivity contribution in [2.75, 3.05) is 17.3 Å². The minimum absolute atomic E-state index is 0.632. The van der Waals surface area contributed by atoms with Crippen LogP contribution in [-0.4, -0.2) is 17.3 Å². The van der Waals surface area contributed by atoms with E-state index in [1.165, 1.54) is 28.6 Å². The molecule has 0 saturated carbocycles. The fourth-order valence-electron chi connectivity index (χ4n) is 1.60. The molecule has 0 saturated heterocycles. The van der Waals surface area contributed by atoms with E-state index in [-0.39, 0.29) is 0 Å². The maximum absolute atomic E-state index is 3.62. The average Bonchev–Trinajstić information content (AvgIpc) is 2.26. The predicted molar refractivity (Wildman–Crippen MR) is 78.3 cm³/mol. The summed E-state index contributed by atoms with van der Waals surface area (Å²) in [5, 5.41) is 1.05. The van der Waals surface area contributed by atoms with Crippen molar-refractivity contribution in [1.82, 2.24) is 0 Å². The normalized spacial score (nSPS) is 12.7. The van der Waals surface area contributed by atoms with Crippen molar-refractivity contribution >= 4 is 43.6 Å². The molecule has 0 N–H and O–H groups in total. The Hall–Kier alpha value is 0.530. The molecule has 1 aromatic carbocycles. The van der Waals surface area contributed by atoms with Crippen LogP contribution in [0, 0.1) is 0 Å². The van der Waals surface area contributed by atoms with Crippen molar-refractivity contribution in [3.8, 4) is 0 Å². The van der Waals surface area contributed by atoms with E-state index in [0.29, 0.717) is 5.92 Å². The molecule has 3 heteroatoms. The zero-order valence-corrected chi connectivity index (χ0v) is 12.9. The molecular formula is C12H16Br2S. The molecular weight excluding hydrogens is 336 g/mol. The lowest BCUT2D eigenvalue weighted by molar-refractivity contribution is 0.678. The Labute approximate surface area is 113 Å². The summed E-state index contributed by atoms with van der Waals surface area (Å²) in [7, 11) is 0. The SMILES string of the molecule is CSCCCC(CBr)c1ccccc1Br. The fourth-order valence-corrected chi connectivity index (χ4v) is 3.33. The zero-order chi connectivity index (χ0) is 11.1. The van der Waals surface area contributed by atoms with E-state index in [1.54, 1.807) is 0 Å². The quantitative estimate of drug-likeness (QED) is 0.509. The zero-order valence-electron chi connectivity index (χ0n) is 8.88. The van der Waals surface area contributed by atoms with Gasteiger partial charge in [-0.1, -0.05) is 50.1 Å². The predicted octanol–water partition coefficient (Wildman–Crippen LogP) is 5.07. The summed E-state index contributed by atoms with van der Waals surface area (Å²) in [5.41, 5.74) is 1.43. The summed E-state index contributed by atoms with van der Waals surface area (Å²) in [6.45, 7) is 0. The van der Waals surface area contributed by atoms with Crippen LogP contribution >= 0.6 is 43.6 Å². The van der Waals surface area contributed by atoms with Gasteiger partial charge in [-0.15, -0.1) is 0 Å². The molecule has 1 unspecified atom stereocenters. The van der Waals surface area contributed by atoms with Crippen LogP contribution in [0.3, 0.4) is 0 Å². The Morgan fingerprint density at radius 1 is 1.33 bits per heavy atom. The van der Waals surface area contributed by atoms with Gasteiger partial charge in [0.05, 0.1) is 0 Å². The summed E-state index contributed by atoms with van der Waals surface area (Å²) in [6.07, 6.45) is 4.72. The van der Waals surface area contributed by atoms with Gasteiger partial charge in [0.15, 0.2) is 0 Å². The van der Waals surface area contributed by atoms with E-state index in [1.807, 2.05) is 11.8 Å². The van der Waals surface area contributed by atoms with Crippen molar-refractivity contribution in [3.63, 3.8) is 0 Å². The number of benzene rings is 1. The van der Waals surface area contributed by atoms with E-state index >= 15 is 0 Å². The molecule has 0 fully saturated rings. The number of hydrogen-bond acceptors (Lipinski definition) is 1. The second-order valence-electron chi connectivity index (χ2n) is 3.51. The van der Waals surface area contributed by atoms with Gasteiger partial charge in [-0.2, -0.15) is 11.8 Å². The number of halogens is 2. The first-order valence-electron chi connectivity index (χ1n) is 5.09. The average molecular weight is 352 g/mol. The van der Waals surface area contributed by atoms with Gasteiger partial charge in [0.2, 0.25) is 0 Å². The van der Waals surface area contributed by atoms with Crippen LogP contribution < -0.4 is 0 Å². The van der Waals surface area contributed by atoms with E-state index in [4.69, 9.17) is 0 Å². The third kappa shape index (κ3) is 4.49. The standard InChI is InChI=1S/C12H16Br2S/c1-15-8-4-5-10(9-13)11-6-2-3-7-12(11)14/h2-3,6-7,10H,4-5,8-9H2,1H3. The summed E-state index contributed by atoms with van der Waals surface area (Å²) >= 11 is 9.16. The molecule has 1 atom stereocenters. The minimum Gasteiger partial charge on any atom is -0.165 e. The molecule has 0 aliphatic heterocycles. The summed E-state index contributed by atoms with van der Waals surface area (Å²) in [6, 6.07) is 8.53. The molecule has 0 aliphatic carbocycles. The monoisotopic (exact) mass is 350 g/mol. The minimum atomic E-state index is 0.632. The number of hydrogen-bond donors (Lipinski definition) is 0. The lowest BCUT2D eigenvalue weighted by Gasteiger charge is -2.15. The van der Waals surface area contributed by atoms with Crippen LogP contribution in [0.15, 0.2) is 28.7 Å². The molecule has 15 heavy (non-hydrogen) atoms. The van der Waals surface area contributed by atoms with Gasteiger partial charge in [0.25, 0.3) is 0 Å². The molecule has 1 rings (SSSR count). The second kappa shape index (κ2) is 7.75. The molecule has 0 amide bonds. The lowest BCUT2D eigenvalue weighted by Crippen LogP contribution is -2.02. The van der Waals surface area contributed by atoms with Gasteiger partial charge >= 0.3 is 0 Å². The van der Waals surface area contributed by atoms with E-state index in [2.05, 4.69) is 62.4 Å². The number of rotatable bonds is 6. The van der Waals surface area contributed by atoms with Crippen molar-refractivity contribution in [2.45, 2.75) is 18.8 Å². The van der Waals surface area contributed by atoms with Crippen molar-refractivity contribution in [2.24, 2.45) is 0 Å². The maximum Gasteiger partial charge on any atom is 0.0210 e. The molecule has 0 nitrogen and oxygen atoms in total. The second-order valence-corrected chi connectivity index (χ2v) is 6.00. The van der Waals surface area contributed by atoms with Crippen LogP contribution in [0.25, 0.3) is 0 Å². The van der Waals surface area contributed by atoms with Gasteiger partial charge in [0.1, 0.15) is 0 Å². The Morgan fingerprint density at radius 2 is 2.07 bits per heavy atom. The lowest BCUT2D eigenvalue weighted by atomic mass is 9.97. The molecule has 0 heterocycles. The Kier molecular flexibility index (Phi) is 7.02. The van der Waals surface area contributed by atoms with E-state index in [9.17, 15) is 0 Å². The molecule has 0 aliphatic rings. The Bertz CT molecular complexity index is 289. The molecule has 0 bridgehead atoms. The van der Waals surface area contributed by atoms with Crippen LogP contribution in [-0.2, 0) is 0 Å². The van der Waals surface area contributed by atoms with Crippen LogP contribution in [0.4, 0.5) is 0 Å². The van der Waals surface area contributed by atoms with Crippen molar-refractivity contribution < 1.29 is 0 Å². The van der Waals surface area contributed by atoms with Crippen LogP contribution in [0.1, 0.15) is 24.3 Å². The first kappa shape index (κ1) is 13.6. The first-order chi connectivity index (χ1) is 7.29. The van der Waals surface area contributed by atoms with Crippen molar-refractivity contribution in [1.29, 1.82) is 0 Å². The third-order valence-electron chi connectivity index (χ3n) is 2.43. The van der Waals surface area contributed by atoms with Crippen LogP contribution in [0.5, 0.6) is 0 Å². The topological polar surface area (TPSA) is 0 Å². The van der Waals surface area contributed by atoms with Gasteiger partial charge in [-0.3, -0.25) is 0 Å². The fraction of sp³-hybridized carbons (Fsp3) is 0.500. The maximum atomic E-state index is 3.62. The third-order valence-corrected chi connectivity index (χ3v) is 4.63. The van der Waals surface area contributed by atoms with Gasteiger partial charge in [-0.05, 0) is 42.4 Å². The summed E-state index contributed by atoms with van der Waals surface area (Å²) in [5.74, 6) is 1.89. The Morgan fingerprint density at radius 3 is 2.67 bits per heavy atom. The largest absolute Gasteiger partial charge is 0.165 e. The Balaban J connectivity index is 2.61. The molecule has 0 radical (unpaired) electrons. The van der Waals surface area contributed by atoms with Gasteiger partial charge < -0.3 is 0 Å². The highest BCUT2D eigenvalue weighted by molar-refractivity contribution is 9.10. The van der Waals surface area contributed by atoms with Crippen LogP contribution in [0.2, 0.25) is 0 Å². The molecule has 0 spiro atoms. The summed E-state index contributed by atoms with van der Waals surface area (Å²) in [4.78, 5) is 0.